The number of anilines is 2. The number of carbonyl (C=O) groups excluding carboxylic acids is 1. The zero-order valence-electron chi connectivity index (χ0n) is 16.0. The topological polar surface area (TPSA) is 41.1 Å². The summed E-state index contributed by atoms with van der Waals surface area (Å²) in [5, 5.41) is 5.95. The molecule has 0 aliphatic rings. The van der Waals surface area contributed by atoms with Crippen LogP contribution in [0.1, 0.15) is 64.5 Å². The number of amides is 2. The fourth-order valence-corrected chi connectivity index (χ4v) is 3.05. The molecule has 0 aromatic heterocycles. The molecule has 0 fully saturated rings. The minimum absolute atomic E-state index is 0.0284. The third-order valence-electron chi connectivity index (χ3n) is 4.42. The zero-order chi connectivity index (χ0) is 18.4. The summed E-state index contributed by atoms with van der Waals surface area (Å²) < 4.78 is 0. The van der Waals surface area contributed by atoms with Gasteiger partial charge in [0.25, 0.3) is 0 Å². The lowest BCUT2D eigenvalue weighted by molar-refractivity contribution is 0.262. The lowest BCUT2D eigenvalue weighted by Gasteiger charge is -2.23. The number of para-hydroxylation sites is 1. The average Bonchev–Trinajstić information content (AvgIpc) is 2.54. The molecule has 2 aromatic rings. The largest absolute Gasteiger partial charge is 0.323 e. The SMILES string of the molecule is CCCC(C)c1cccc(NC(=O)Nc2ccccc2C(C)(C)C)c1. The fraction of sp³-hybridized carbons (Fsp3) is 0.409. The van der Waals surface area contributed by atoms with Gasteiger partial charge in [-0.05, 0) is 47.1 Å². The highest BCUT2D eigenvalue weighted by molar-refractivity contribution is 6.00. The minimum Gasteiger partial charge on any atom is -0.308 e. The van der Waals surface area contributed by atoms with Crippen molar-refractivity contribution in [1.82, 2.24) is 0 Å². The molecule has 2 N–H and O–H groups in total. The molecule has 134 valence electrons. The number of hydrogen-bond donors (Lipinski definition) is 2. The quantitative estimate of drug-likeness (QED) is 0.639. The van der Waals surface area contributed by atoms with Crippen molar-refractivity contribution in [1.29, 1.82) is 0 Å². The van der Waals surface area contributed by atoms with E-state index in [0.717, 1.165) is 29.8 Å². The lowest BCUT2D eigenvalue weighted by atomic mass is 9.86. The number of nitrogens with one attached hydrogen (secondary N) is 2. The fourth-order valence-electron chi connectivity index (χ4n) is 3.05. The van der Waals surface area contributed by atoms with Gasteiger partial charge in [0.1, 0.15) is 0 Å². The zero-order valence-corrected chi connectivity index (χ0v) is 16.0. The highest BCUT2D eigenvalue weighted by atomic mass is 16.2. The van der Waals surface area contributed by atoms with Crippen LogP contribution in [0, 0.1) is 0 Å². The molecule has 0 saturated heterocycles. The maximum atomic E-state index is 12.4. The van der Waals surface area contributed by atoms with Gasteiger partial charge in [0.15, 0.2) is 0 Å². The standard InChI is InChI=1S/C22H30N2O/c1-6-10-16(2)17-11-9-12-18(15-17)23-21(25)24-20-14-8-7-13-19(20)22(3,4)5/h7-9,11-16H,6,10H2,1-5H3,(H2,23,24,25). The highest BCUT2D eigenvalue weighted by Crippen LogP contribution is 2.29. The normalized spacial score (nSPS) is 12.5. The maximum Gasteiger partial charge on any atom is 0.323 e. The van der Waals surface area contributed by atoms with E-state index in [9.17, 15) is 4.79 Å². The molecule has 3 heteroatoms. The van der Waals surface area contributed by atoms with Gasteiger partial charge in [0, 0.05) is 11.4 Å². The molecule has 1 unspecified atom stereocenters. The van der Waals surface area contributed by atoms with E-state index >= 15 is 0 Å². The number of urea groups is 1. The predicted octanol–water partition coefficient (Wildman–Crippen LogP) is 6.53. The summed E-state index contributed by atoms with van der Waals surface area (Å²) in [5.41, 5.74) is 4.03. The van der Waals surface area contributed by atoms with Gasteiger partial charge >= 0.3 is 6.03 Å². The average molecular weight is 338 g/mol. The van der Waals surface area contributed by atoms with Crippen LogP contribution in [-0.2, 0) is 5.41 Å². The Morgan fingerprint density at radius 2 is 1.76 bits per heavy atom. The van der Waals surface area contributed by atoms with E-state index in [1.165, 1.54) is 5.56 Å². The first-order valence-corrected chi connectivity index (χ1v) is 9.08. The summed E-state index contributed by atoms with van der Waals surface area (Å²) in [6.45, 7) is 10.8. The van der Waals surface area contributed by atoms with Crippen LogP contribution < -0.4 is 10.6 Å². The molecule has 0 spiro atoms. The second-order valence-electron chi connectivity index (χ2n) is 7.69. The van der Waals surface area contributed by atoms with Crippen LogP contribution in [0.3, 0.4) is 0 Å². The third-order valence-corrected chi connectivity index (χ3v) is 4.42. The van der Waals surface area contributed by atoms with Gasteiger partial charge in [-0.1, -0.05) is 71.4 Å². The van der Waals surface area contributed by atoms with Crippen molar-refractivity contribution in [2.24, 2.45) is 0 Å². The molecular formula is C22H30N2O. The molecule has 25 heavy (non-hydrogen) atoms. The maximum absolute atomic E-state index is 12.4. The van der Waals surface area contributed by atoms with Crippen molar-refractivity contribution in [3.8, 4) is 0 Å². The van der Waals surface area contributed by atoms with Gasteiger partial charge in [-0.3, -0.25) is 0 Å². The van der Waals surface area contributed by atoms with E-state index in [2.05, 4.69) is 63.5 Å². The molecule has 2 amide bonds. The van der Waals surface area contributed by atoms with Crippen LogP contribution in [-0.4, -0.2) is 6.03 Å². The second-order valence-corrected chi connectivity index (χ2v) is 7.69. The van der Waals surface area contributed by atoms with Crippen molar-refractivity contribution < 1.29 is 4.79 Å². The van der Waals surface area contributed by atoms with Crippen LogP contribution >= 0.6 is 0 Å². The van der Waals surface area contributed by atoms with Crippen LogP contribution in [0.4, 0.5) is 16.2 Å². The van der Waals surface area contributed by atoms with E-state index in [0.29, 0.717) is 5.92 Å². The Morgan fingerprint density at radius 1 is 1.04 bits per heavy atom. The van der Waals surface area contributed by atoms with E-state index in [-0.39, 0.29) is 11.4 Å². The first-order valence-electron chi connectivity index (χ1n) is 9.08. The summed E-state index contributed by atoms with van der Waals surface area (Å²) in [4.78, 5) is 12.4. The van der Waals surface area contributed by atoms with E-state index in [1.54, 1.807) is 0 Å². The molecule has 2 aromatic carbocycles. The molecule has 3 nitrogen and oxygen atoms in total. The molecule has 0 radical (unpaired) electrons. The molecular weight excluding hydrogens is 308 g/mol. The Labute approximate surface area is 151 Å². The number of benzene rings is 2. The van der Waals surface area contributed by atoms with E-state index in [4.69, 9.17) is 0 Å². The van der Waals surface area contributed by atoms with Gasteiger partial charge in [0.05, 0.1) is 0 Å². The number of carbonyl (C=O) groups is 1. The van der Waals surface area contributed by atoms with Crippen molar-refractivity contribution in [3.63, 3.8) is 0 Å². The van der Waals surface area contributed by atoms with Crippen molar-refractivity contribution >= 4 is 17.4 Å². The first kappa shape index (κ1) is 19.0. The molecule has 1 atom stereocenters. The Bertz CT molecular complexity index is 716. The van der Waals surface area contributed by atoms with Crippen LogP contribution in [0.5, 0.6) is 0 Å². The molecule has 0 aliphatic carbocycles. The first-order chi connectivity index (χ1) is 11.8. The Balaban J connectivity index is 2.10. The van der Waals surface area contributed by atoms with Crippen molar-refractivity contribution in [2.45, 2.75) is 58.8 Å². The van der Waals surface area contributed by atoms with Crippen molar-refractivity contribution in [2.75, 3.05) is 10.6 Å². The predicted molar refractivity (Wildman–Crippen MR) is 108 cm³/mol. The van der Waals surface area contributed by atoms with Gasteiger partial charge in [-0.25, -0.2) is 4.79 Å². The molecule has 0 heterocycles. The second kappa shape index (κ2) is 8.19. The smallest absolute Gasteiger partial charge is 0.308 e. The molecule has 0 bridgehead atoms. The Kier molecular flexibility index (Phi) is 6.24. The van der Waals surface area contributed by atoms with Crippen LogP contribution in [0.15, 0.2) is 48.5 Å². The summed E-state index contributed by atoms with van der Waals surface area (Å²) in [7, 11) is 0. The summed E-state index contributed by atoms with van der Waals surface area (Å²) in [5.74, 6) is 0.497. The Morgan fingerprint density at radius 3 is 2.44 bits per heavy atom. The van der Waals surface area contributed by atoms with Crippen LogP contribution in [0.25, 0.3) is 0 Å². The van der Waals surface area contributed by atoms with Crippen molar-refractivity contribution in [3.05, 3.63) is 59.7 Å². The molecule has 0 aliphatic heterocycles. The molecule has 0 saturated carbocycles. The van der Waals surface area contributed by atoms with Gasteiger partial charge < -0.3 is 10.6 Å². The van der Waals surface area contributed by atoms with Gasteiger partial charge in [-0.15, -0.1) is 0 Å². The number of rotatable bonds is 5. The third kappa shape index (κ3) is 5.35. The summed E-state index contributed by atoms with van der Waals surface area (Å²) in [6.07, 6.45) is 2.30. The number of hydrogen-bond acceptors (Lipinski definition) is 1. The Hall–Kier alpha value is -2.29. The van der Waals surface area contributed by atoms with Gasteiger partial charge in [0.2, 0.25) is 0 Å². The summed E-state index contributed by atoms with van der Waals surface area (Å²) in [6, 6.07) is 15.9. The summed E-state index contributed by atoms with van der Waals surface area (Å²) >= 11 is 0. The van der Waals surface area contributed by atoms with Crippen LogP contribution in [0.2, 0.25) is 0 Å². The minimum atomic E-state index is -0.211. The van der Waals surface area contributed by atoms with E-state index in [1.807, 2.05) is 30.3 Å². The lowest BCUT2D eigenvalue weighted by Crippen LogP contribution is -2.22. The van der Waals surface area contributed by atoms with E-state index < -0.39 is 0 Å². The van der Waals surface area contributed by atoms with Gasteiger partial charge in [-0.2, -0.15) is 0 Å². The molecule has 2 rings (SSSR count). The highest BCUT2D eigenvalue weighted by Gasteiger charge is 2.18. The monoisotopic (exact) mass is 338 g/mol.